The third kappa shape index (κ3) is 3.10. The second-order valence-electron chi connectivity index (χ2n) is 8.24. The molecule has 2 aliphatic heterocycles. The van der Waals surface area contributed by atoms with E-state index >= 15 is 0 Å². The number of nitrogens with zero attached hydrogens (tertiary/aromatic N) is 2. The number of nitrogens with one attached hydrogen (secondary N) is 1. The van der Waals surface area contributed by atoms with Crippen molar-refractivity contribution in [2.24, 2.45) is 5.92 Å². The Morgan fingerprint density at radius 2 is 1.93 bits per heavy atom. The van der Waals surface area contributed by atoms with Gasteiger partial charge in [0.2, 0.25) is 5.91 Å². The number of amides is 3. The fraction of sp³-hybridized carbons (Fsp3) is 0.619. The Morgan fingerprint density at radius 1 is 1.22 bits per heavy atom. The maximum Gasteiger partial charge on any atom is 0.318 e. The molecule has 1 aromatic carbocycles. The van der Waals surface area contributed by atoms with Gasteiger partial charge in [0.1, 0.15) is 0 Å². The van der Waals surface area contributed by atoms with Crippen LogP contribution in [0.4, 0.5) is 4.79 Å². The van der Waals surface area contributed by atoms with E-state index < -0.39 is 5.54 Å². The second-order valence-corrected chi connectivity index (χ2v) is 8.24. The summed E-state index contributed by atoms with van der Waals surface area (Å²) in [5, 5.41) is 13.0. The lowest BCUT2D eigenvalue weighted by molar-refractivity contribution is -0.177. The van der Waals surface area contributed by atoms with Crippen molar-refractivity contribution in [1.82, 2.24) is 15.1 Å². The Bertz CT molecular complexity index is 698. The summed E-state index contributed by atoms with van der Waals surface area (Å²) in [4.78, 5) is 29.0. The van der Waals surface area contributed by atoms with E-state index in [2.05, 4.69) is 17.4 Å². The molecule has 4 rings (SSSR count). The van der Waals surface area contributed by atoms with Gasteiger partial charge in [0.25, 0.3) is 0 Å². The van der Waals surface area contributed by atoms with Crippen LogP contribution in [0.2, 0.25) is 0 Å². The van der Waals surface area contributed by atoms with Crippen LogP contribution in [0.15, 0.2) is 30.3 Å². The number of likely N-dealkylation sites (tertiary alicyclic amines) is 2. The summed E-state index contributed by atoms with van der Waals surface area (Å²) in [7, 11) is 0. The molecule has 1 saturated carbocycles. The number of carbonyl (C=O) groups is 2. The van der Waals surface area contributed by atoms with Crippen molar-refractivity contribution >= 4 is 11.9 Å². The normalized spacial score (nSPS) is 25.7. The quantitative estimate of drug-likeness (QED) is 0.803. The molecule has 2 saturated heterocycles. The van der Waals surface area contributed by atoms with Crippen LogP contribution in [0.25, 0.3) is 0 Å². The number of urea groups is 1. The molecule has 2 heterocycles. The second kappa shape index (κ2) is 7.15. The maximum absolute atomic E-state index is 12.8. The summed E-state index contributed by atoms with van der Waals surface area (Å²) in [5.41, 5.74) is 0.733. The molecule has 3 fully saturated rings. The first-order valence-electron chi connectivity index (χ1n) is 10.1. The van der Waals surface area contributed by atoms with Gasteiger partial charge < -0.3 is 20.2 Å². The molecule has 2 atom stereocenters. The smallest absolute Gasteiger partial charge is 0.318 e. The minimum Gasteiger partial charge on any atom is -0.394 e. The minimum atomic E-state index is -0.397. The monoisotopic (exact) mass is 371 g/mol. The molecule has 0 bridgehead atoms. The number of aliphatic hydroxyl groups excluding tert-OH is 1. The standard InChI is InChI=1S/C21H29N3O3/c1-2-10-22-20(27)24-17(12-25)19(16-6-4-3-5-7-16)21(24)13-23(14-21)18(26)11-15-8-9-15/h3-7,15,17,19,25H,2,8-14H2,1H3,(H,22,27)/t17-,19+/m1/s1. The zero-order valence-electron chi connectivity index (χ0n) is 15.9. The highest BCUT2D eigenvalue weighted by molar-refractivity contribution is 5.82. The van der Waals surface area contributed by atoms with Gasteiger partial charge in [0, 0.05) is 32.0 Å². The highest BCUT2D eigenvalue weighted by atomic mass is 16.3. The summed E-state index contributed by atoms with van der Waals surface area (Å²) >= 11 is 0. The largest absolute Gasteiger partial charge is 0.394 e. The van der Waals surface area contributed by atoms with Crippen molar-refractivity contribution in [3.63, 3.8) is 0 Å². The zero-order valence-corrected chi connectivity index (χ0v) is 15.9. The maximum atomic E-state index is 12.8. The Labute approximate surface area is 160 Å². The molecular formula is C21H29N3O3. The summed E-state index contributed by atoms with van der Waals surface area (Å²) < 4.78 is 0. The molecule has 0 aromatic heterocycles. The number of rotatable bonds is 6. The van der Waals surface area contributed by atoms with Gasteiger partial charge in [-0.15, -0.1) is 0 Å². The molecule has 1 aliphatic carbocycles. The predicted octanol–water partition coefficient (Wildman–Crippen LogP) is 1.95. The van der Waals surface area contributed by atoms with E-state index in [0.717, 1.165) is 24.8 Å². The lowest BCUT2D eigenvalue weighted by Gasteiger charge is -2.70. The van der Waals surface area contributed by atoms with Gasteiger partial charge in [0.05, 0.1) is 18.2 Å². The predicted molar refractivity (Wildman–Crippen MR) is 102 cm³/mol. The Kier molecular flexibility index (Phi) is 4.84. The average Bonchev–Trinajstić information content (AvgIpc) is 3.43. The van der Waals surface area contributed by atoms with Crippen molar-refractivity contribution in [2.45, 2.75) is 50.1 Å². The van der Waals surface area contributed by atoms with Crippen LogP contribution >= 0.6 is 0 Å². The molecule has 6 heteroatoms. The Hall–Kier alpha value is -2.08. The van der Waals surface area contributed by atoms with Crippen LogP contribution in [0, 0.1) is 5.92 Å². The lowest BCUT2D eigenvalue weighted by atomic mass is 9.61. The first-order chi connectivity index (χ1) is 13.1. The van der Waals surface area contributed by atoms with E-state index in [9.17, 15) is 14.7 Å². The van der Waals surface area contributed by atoms with Crippen LogP contribution in [0.5, 0.6) is 0 Å². The number of hydrogen-bond donors (Lipinski definition) is 2. The number of hydrogen-bond acceptors (Lipinski definition) is 3. The van der Waals surface area contributed by atoms with Crippen LogP contribution in [-0.4, -0.2) is 64.7 Å². The summed E-state index contributed by atoms with van der Waals surface area (Å²) in [5.74, 6) is 0.826. The Morgan fingerprint density at radius 3 is 2.52 bits per heavy atom. The van der Waals surface area contributed by atoms with Crippen molar-refractivity contribution in [3.8, 4) is 0 Å². The zero-order chi connectivity index (χ0) is 19.0. The van der Waals surface area contributed by atoms with Crippen LogP contribution in [-0.2, 0) is 4.79 Å². The molecule has 0 unspecified atom stereocenters. The third-order valence-electron chi connectivity index (χ3n) is 6.31. The SMILES string of the molecule is CCCNC(=O)N1[C@H](CO)[C@H](c2ccccc2)C12CN(C(=O)CC1CC1)C2. The highest BCUT2D eigenvalue weighted by Crippen LogP contribution is 2.54. The molecule has 146 valence electrons. The molecule has 1 aromatic rings. The van der Waals surface area contributed by atoms with E-state index in [-0.39, 0.29) is 30.5 Å². The van der Waals surface area contributed by atoms with Gasteiger partial charge in [-0.3, -0.25) is 4.79 Å². The summed E-state index contributed by atoms with van der Waals surface area (Å²) in [6.07, 6.45) is 3.83. The lowest BCUT2D eigenvalue weighted by Crippen LogP contribution is -2.86. The average molecular weight is 371 g/mol. The Balaban J connectivity index is 1.55. The first-order valence-corrected chi connectivity index (χ1v) is 10.1. The van der Waals surface area contributed by atoms with Crippen LogP contribution in [0.1, 0.15) is 44.1 Å². The first kappa shape index (κ1) is 18.3. The molecule has 3 amide bonds. The topological polar surface area (TPSA) is 72.9 Å². The molecule has 3 aliphatic rings. The molecule has 6 nitrogen and oxygen atoms in total. The summed E-state index contributed by atoms with van der Waals surface area (Å²) in [6.45, 7) is 3.69. The van der Waals surface area contributed by atoms with E-state index in [1.807, 2.05) is 30.0 Å². The van der Waals surface area contributed by atoms with Crippen LogP contribution < -0.4 is 5.32 Å². The number of benzene rings is 1. The van der Waals surface area contributed by atoms with E-state index in [4.69, 9.17) is 0 Å². The van der Waals surface area contributed by atoms with Gasteiger partial charge in [-0.25, -0.2) is 4.79 Å². The molecule has 1 spiro atoms. The molecule has 0 radical (unpaired) electrons. The third-order valence-corrected chi connectivity index (χ3v) is 6.31. The number of carbonyl (C=O) groups excluding carboxylic acids is 2. The van der Waals surface area contributed by atoms with E-state index in [0.29, 0.717) is 32.0 Å². The van der Waals surface area contributed by atoms with Crippen molar-refractivity contribution < 1.29 is 14.7 Å². The van der Waals surface area contributed by atoms with Crippen LogP contribution in [0.3, 0.4) is 0 Å². The number of aliphatic hydroxyl groups is 1. The molecule has 2 N–H and O–H groups in total. The van der Waals surface area contributed by atoms with Gasteiger partial charge in [-0.05, 0) is 30.7 Å². The van der Waals surface area contributed by atoms with Crippen molar-refractivity contribution in [3.05, 3.63) is 35.9 Å². The minimum absolute atomic E-state index is 0.0565. The van der Waals surface area contributed by atoms with Gasteiger partial charge in [0.15, 0.2) is 0 Å². The molecule has 27 heavy (non-hydrogen) atoms. The van der Waals surface area contributed by atoms with Gasteiger partial charge in [-0.1, -0.05) is 37.3 Å². The fourth-order valence-corrected chi connectivity index (χ4v) is 4.79. The molecular weight excluding hydrogens is 342 g/mol. The van der Waals surface area contributed by atoms with Gasteiger partial charge >= 0.3 is 6.03 Å². The summed E-state index contributed by atoms with van der Waals surface area (Å²) in [6, 6.07) is 9.71. The van der Waals surface area contributed by atoms with E-state index in [1.165, 1.54) is 0 Å². The van der Waals surface area contributed by atoms with Crippen molar-refractivity contribution in [1.29, 1.82) is 0 Å². The van der Waals surface area contributed by atoms with Gasteiger partial charge in [-0.2, -0.15) is 0 Å². The fourth-order valence-electron chi connectivity index (χ4n) is 4.79. The highest BCUT2D eigenvalue weighted by Gasteiger charge is 2.68. The van der Waals surface area contributed by atoms with Crippen molar-refractivity contribution in [2.75, 3.05) is 26.2 Å². The van der Waals surface area contributed by atoms with E-state index in [1.54, 1.807) is 4.90 Å².